The molecule has 2 aromatic heterocycles. The molecule has 3 heterocycles. The lowest BCUT2D eigenvalue weighted by molar-refractivity contribution is 0.0691. The molecule has 1 aromatic carbocycles. The number of oxazole rings is 1. The summed E-state index contributed by atoms with van der Waals surface area (Å²) in [7, 11) is 0. The van der Waals surface area contributed by atoms with Gasteiger partial charge < -0.3 is 9.32 Å². The minimum absolute atomic E-state index is 0.0556. The van der Waals surface area contributed by atoms with Gasteiger partial charge in [0.2, 0.25) is 0 Å². The quantitative estimate of drug-likeness (QED) is 0.684. The van der Waals surface area contributed by atoms with Gasteiger partial charge in [0.15, 0.2) is 5.89 Å². The first-order valence-electron chi connectivity index (χ1n) is 9.50. The molecular formula is C22H22FN3O2. The van der Waals surface area contributed by atoms with Crippen LogP contribution in [0.4, 0.5) is 4.39 Å². The molecule has 1 fully saturated rings. The first-order valence-corrected chi connectivity index (χ1v) is 9.50. The highest BCUT2D eigenvalue weighted by Gasteiger charge is 2.29. The van der Waals surface area contributed by atoms with Gasteiger partial charge >= 0.3 is 0 Å². The van der Waals surface area contributed by atoms with Crippen LogP contribution in [-0.2, 0) is 6.42 Å². The molecule has 3 aromatic rings. The van der Waals surface area contributed by atoms with Crippen LogP contribution in [0.1, 0.15) is 52.2 Å². The number of amides is 1. The van der Waals surface area contributed by atoms with E-state index in [0.29, 0.717) is 36.9 Å². The number of aryl methyl sites for hydroxylation is 1. The van der Waals surface area contributed by atoms with Crippen LogP contribution < -0.4 is 0 Å². The molecule has 0 bridgehead atoms. The molecule has 0 spiro atoms. The molecule has 1 atom stereocenters. The van der Waals surface area contributed by atoms with E-state index in [9.17, 15) is 9.18 Å². The maximum absolute atomic E-state index is 13.4. The number of nitrogens with zero attached hydrogens (tertiary/aromatic N) is 3. The lowest BCUT2D eigenvalue weighted by Gasteiger charge is -2.31. The summed E-state index contributed by atoms with van der Waals surface area (Å²) in [6.45, 7) is 3.15. The summed E-state index contributed by atoms with van der Waals surface area (Å²) in [6, 6.07) is 11.9. The molecule has 28 heavy (non-hydrogen) atoms. The molecule has 0 radical (unpaired) electrons. The summed E-state index contributed by atoms with van der Waals surface area (Å²) < 4.78 is 19.3. The van der Waals surface area contributed by atoms with Crippen molar-refractivity contribution in [1.82, 2.24) is 14.9 Å². The van der Waals surface area contributed by atoms with Crippen LogP contribution in [0, 0.1) is 12.7 Å². The first-order chi connectivity index (χ1) is 13.6. The second-order valence-corrected chi connectivity index (χ2v) is 7.23. The summed E-state index contributed by atoms with van der Waals surface area (Å²) in [4.78, 5) is 23.4. The van der Waals surface area contributed by atoms with Crippen molar-refractivity contribution in [2.45, 2.75) is 32.1 Å². The van der Waals surface area contributed by atoms with Crippen LogP contribution in [0.5, 0.6) is 0 Å². The van der Waals surface area contributed by atoms with Gasteiger partial charge in [0.05, 0.1) is 12.1 Å². The van der Waals surface area contributed by atoms with Crippen LogP contribution >= 0.6 is 0 Å². The zero-order chi connectivity index (χ0) is 19.5. The highest BCUT2D eigenvalue weighted by molar-refractivity contribution is 5.92. The van der Waals surface area contributed by atoms with Crippen molar-refractivity contribution >= 4 is 5.91 Å². The summed E-state index contributed by atoms with van der Waals surface area (Å²) in [5.41, 5.74) is 2.14. The minimum atomic E-state index is -0.261. The number of likely N-dealkylation sites (tertiary alicyclic amines) is 1. The summed E-state index contributed by atoms with van der Waals surface area (Å²) in [6.07, 6.45) is 4.01. The number of carbonyl (C=O) groups excluding carboxylic acids is 1. The molecule has 0 saturated carbocycles. The van der Waals surface area contributed by atoms with Gasteiger partial charge in [-0.1, -0.05) is 18.2 Å². The number of benzene rings is 1. The van der Waals surface area contributed by atoms with Crippen molar-refractivity contribution in [3.8, 4) is 0 Å². The SMILES string of the molecule is Cc1cccc(C(=O)N2CCC[C@@H](c3ncc(Cc4cccc(F)c4)o3)C2)n1. The van der Waals surface area contributed by atoms with Gasteiger partial charge in [0.1, 0.15) is 17.3 Å². The van der Waals surface area contributed by atoms with Crippen molar-refractivity contribution in [1.29, 1.82) is 0 Å². The number of hydrogen-bond acceptors (Lipinski definition) is 4. The Morgan fingerprint density at radius 1 is 1.29 bits per heavy atom. The molecular weight excluding hydrogens is 357 g/mol. The van der Waals surface area contributed by atoms with Gasteiger partial charge in [0, 0.05) is 25.2 Å². The average molecular weight is 379 g/mol. The fraction of sp³-hybridized carbons (Fsp3) is 0.318. The van der Waals surface area contributed by atoms with E-state index in [1.807, 2.05) is 30.0 Å². The Balaban J connectivity index is 1.45. The maximum Gasteiger partial charge on any atom is 0.272 e. The minimum Gasteiger partial charge on any atom is -0.445 e. The van der Waals surface area contributed by atoms with Crippen molar-refractivity contribution in [3.05, 3.63) is 83.1 Å². The molecule has 0 unspecified atom stereocenters. The van der Waals surface area contributed by atoms with E-state index in [4.69, 9.17) is 4.42 Å². The molecule has 4 rings (SSSR count). The van der Waals surface area contributed by atoms with E-state index < -0.39 is 0 Å². The van der Waals surface area contributed by atoms with Crippen LogP contribution in [0.15, 0.2) is 53.1 Å². The molecule has 1 amide bonds. The second-order valence-electron chi connectivity index (χ2n) is 7.23. The van der Waals surface area contributed by atoms with Gasteiger partial charge in [-0.3, -0.25) is 4.79 Å². The summed E-state index contributed by atoms with van der Waals surface area (Å²) in [5, 5.41) is 0. The third kappa shape index (κ3) is 4.11. The van der Waals surface area contributed by atoms with Gasteiger partial charge in [0.25, 0.3) is 5.91 Å². The van der Waals surface area contributed by atoms with Gasteiger partial charge in [-0.05, 0) is 49.6 Å². The highest BCUT2D eigenvalue weighted by atomic mass is 19.1. The van der Waals surface area contributed by atoms with Crippen LogP contribution in [-0.4, -0.2) is 33.9 Å². The maximum atomic E-state index is 13.4. The summed E-state index contributed by atoms with van der Waals surface area (Å²) in [5.74, 6) is 1.08. The molecule has 1 saturated heterocycles. The lowest BCUT2D eigenvalue weighted by Crippen LogP contribution is -2.39. The van der Waals surface area contributed by atoms with Crippen molar-refractivity contribution in [3.63, 3.8) is 0 Å². The normalized spacial score (nSPS) is 16.9. The molecule has 0 aliphatic carbocycles. The number of pyridine rings is 1. The third-order valence-corrected chi connectivity index (χ3v) is 5.00. The second kappa shape index (κ2) is 7.92. The molecule has 0 N–H and O–H groups in total. The van der Waals surface area contributed by atoms with Crippen molar-refractivity contribution in [2.24, 2.45) is 0 Å². The molecule has 1 aliphatic heterocycles. The third-order valence-electron chi connectivity index (χ3n) is 5.00. The predicted octanol–water partition coefficient (Wildman–Crippen LogP) is 4.13. The van der Waals surface area contributed by atoms with E-state index in [0.717, 1.165) is 24.1 Å². The van der Waals surface area contributed by atoms with Crippen molar-refractivity contribution < 1.29 is 13.6 Å². The Hall–Kier alpha value is -3.02. The zero-order valence-electron chi connectivity index (χ0n) is 15.8. The Bertz CT molecular complexity index is 985. The van der Waals surface area contributed by atoms with Crippen LogP contribution in [0.25, 0.3) is 0 Å². The number of aromatic nitrogens is 2. The molecule has 1 aliphatic rings. The van der Waals surface area contributed by atoms with Crippen LogP contribution in [0.2, 0.25) is 0 Å². The monoisotopic (exact) mass is 379 g/mol. The molecule has 144 valence electrons. The molecule has 6 heteroatoms. The lowest BCUT2D eigenvalue weighted by atomic mass is 9.97. The number of rotatable bonds is 4. The van der Waals surface area contributed by atoms with Gasteiger partial charge in [-0.15, -0.1) is 0 Å². The van der Waals surface area contributed by atoms with E-state index >= 15 is 0 Å². The number of carbonyl (C=O) groups is 1. The van der Waals surface area contributed by atoms with Gasteiger partial charge in [-0.25, -0.2) is 14.4 Å². The van der Waals surface area contributed by atoms with Crippen molar-refractivity contribution in [2.75, 3.05) is 13.1 Å². The summed E-state index contributed by atoms with van der Waals surface area (Å²) >= 11 is 0. The number of hydrogen-bond donors (Lipinski definition) is 0. The van der Waals surface area contributed by atoms with E-state index in [1.54, 1.807) is 18.3 Å². The Morgan fingerprint density at radius 3 is 2.96 bits per heavy atom. The van der Waals surface area contributed by atoms with Crippen LogP contribution in [0.3, 0.4) is 0 Å². The number of piperidine rings is 1. The van der Waals surface area contributed by atoms with E-state index in [-0.39, 0.29) is 17.6 Å². The Labute approximate surface area is 163 Å². The Kier molecular flexibility index (Phi) is 5.19. The zero-order valence-corrected chi connectivity index (χ0v) is 15.8. The topological polar surface area (TPSA) is 59.2 Å². The predicted molar refractivity (Wildman–Crippen MR) is 103 cm³/mol. The van der Waals surface area contributed by atoms with E-state index in [1.165, 1.54) is 12.1 Å². The average Bonchev–Trinajstić information content (AvgIpc) is 3.16. The fourth-order valence-electron chi connectivity index (χ4n) is 3.63. The number of halogens is 1. The highest BCUT2D eigenvalue weighted by Crippen LogP contribution is 2.28. The van der Waals surface area contributed by atoms with E-state index in [2.05, 4.69) is 9.97 Å². The van der Waals surface area contributed by atoms with Gasteiger partial charge in [-0.2, -0.15) is 0 Å². The largest absolute Gasteiger partial charge is 0.445 e. The smallest absolute Gasteiger partial charge is 0.272 e. The molecule has 5 nitrogen and oxygen atoms in total. The Morgan fingerprint density at radius 2 is 2.14 bits per heavy atom. The fourth-order valence-corrected chi connectivity index (χ4v) is 3.63. The standard InChI is InChI=1S/C22H22FN3O2/c1-15-5-2-9-20(25-15)22(27)26-10-4-7-17(14-26)21-24-13-19(28-21)12-16-6-3-8-18(23)11-16/h2-3,5-6,8-9,11,13,17H,4,7,10,12,14H2,1H3/t17-/m1/s1. The first kappa shape index (κ1) is 18.3.